The predicted molar refractivity (Wildman–Crippen MR) is 30.8 cm³/mol. The number of hydrogen-bond acceptors (Lipinski definition) is 4. The van der Waals surface area contributed by atoms with Gasteiger partial charge in [0.05, 0.1) is 31.8 Å². The van der Waals surface area contributed by atoms with Crippen molar-refractivity contribution in [1.29, 1.82) is 0 Å². The van der Waals surface area contributed by atoms with Crippen molar-refractivity contribution < 1.29 is 37.4 Å². The number of hydrogen-bond donors (Lipinski definition) is 4. The van der Waals surface area contributed by atoms with Gasteiger partial charge in [-0.1, -0.05) is 0 Å². The van der Waals surface area contributed by atoms with Crippen LogP contribution in [0.15, 0.2) is 0 Å². The molecule has 0 saturated heterocycles. The van der Waals surface area contributed by atoms with Crippen LogP contribution in [0, 0.1) is 5.41 Å². The van der Waals surface area contributed by atoms with Crippen LogP contribution >= 0.6 is 0 Å². The Morgan fingerprint density at radius 1 is 0.700 bits per heavy atom. The summed E-state index contributed by atoms with van der Waals surface area (Å²) in [5, 5.41) is 34.0. The highest BCUT2D eigenvalue weighted by Gasteiger charge is 2.26. The average molecular weight is 216 g/mol. The highest BCUT2D eigenvalue weighted by atomic mass is 79.9. The van der Waals surface area contributed by atoms with E-state index in [2.05, 4.69) is 0 Å². The number of aliphatic hydroxyl groups excluding tert-OH is 4. The van der Waals surface area contributed by atoms with Crippen molar-refractivity contribution in [3.63, 3.8) is 0 Å². The highest BCUT2D eigenvalue weighted by molar-refractivity contribution is 4.74. The second kappa shape index (κ2) is 6.06. The van der Waals surface area contributed by atoms with Gasteiger partial charge in [-0.2, -0.15) is 0 Å². The largest absolute Gasteiger partial charge is 1.00 e. The zero-order valence-corrected chi connectivity index (χ0v) is 7.08. The lowest BCUT2D eigenvalue weighted by Crippen LogP contribution is -3.00. The number of halogens is 1. The Morgan fingerprint density at radius 3 is 0.900 bits per heavy atom. The summed E-state index contributed by atoms with van der Waals surface area (Å²) in [6.45, 7) is -1.62. The molecule has 0 aromatic rings. The maximum absolute atomic E-state index is 8.50. The van der Waals surface area contributed by atoms with Gasteiger partial charge in [0.2, 0.25) is 0 Å². The van der Waals surface area contributed by atoms with Gasteiger partial charge in [0.1, 0.15) is 0 Å². The minimum atomic E-state index is -1.11. The van der Waals surface area contributed by atoms with Gasteiger partial charge in [-0.3, -0.25) is 0 Å². The lowest BCUT2D eigenvalue weighted by atomic mass is 9.93. The third-order valence-corrected chi connectivity index (χ3v) is 1.34. The molecule has 0 heterocycles. The number of rotatable bonds is 4. The first-order valence-corrected chi connectivity index (χ1v) is 2.68. The van der Waals surface area contributed by atoms with E-state index in [0.29, 0.717) is 0 Å². The molecule has 0 rings (SSSR count). The summed E-state index contributed by atoms with van der Waals surface area (Å²) >= 11 is 0. The molecular weight excluding hydrogens is 204 g/mol. The van der Waals surface area contributed by atoms with E-state index in [1.165, 1.54) is 0 Å². The standard InChI is InChI=1S/C5H12O4.BrH/c6-1-5(2-7,3-8)4-9;/h6-9H,1-4H2;1H/p-1. The van der Waals surface area contributed by atoms with Gasteiger partial charge >= 0.3 is 0 Å². The molecule has 0 saturated carbocycles. The van der Waals surface area contributed by atoms with E-state index in [1.807, 2.05) is 0 Å². The van der Waals surface area contributed by atoms with E-state index >= 15 is 0 Å². The summed E-state index contributed by atoms with van der Waals surface area (Å²) in [7, 11) is 0. The molecule has 64 valence electrons. The van der Waals surface area contributed by atoms with Gasteiger partial charge in [0.25, 0.3) is 0 Å². The van der Waals surface area contributed by atoms with Crippen LogP contribution in [0.4, 0.5) is 0 Å². The normalized spacial score (nSPS) is 10.8. The molecule has 0 aliphatic rings. The maximum atomic E-state index is 8.50. The SMILES string of the molecule is OCC(CO)(CO)CO.[Br-]. The Morgan fingerprint density at radius 2 is 0.900 bits per heavy atom. The smallest absolute Gasteiger partial charge is 0.0627 e. The maximum Gasteiger partial charge on any atom is 0.0627 e. The topological polar surface area (TPSA) is 80.9 Å². The van der Waals surface area contributed by atoms with E-state index in [9.17, 15) is 0 Å². The summed E-state index contributed by atoms with van der Waals surface area (Å²) in [6, 6.07) is 0. The summed E-state index contributed by atoms with van der Waals surface area (Å²) in [4.78, 5) is 0. The minimum absolute atomic E-state index is 0. The molecule has 0 aliphatic heterocycles. The quantitative estimate of drug-likeness (QED) is 0.379. The Labute approximate surface area is 69.9 Å². The van der Waals surface area contributed by atoms with Crippen molar-refractivity contribution in [3.05, 3.63) is 0 Å². The van der Waals surface area contributed by atoms with Gasteiger partial charge in [0, 0.05) is 0 Å². The van der Waals surface area contributed by atoms with Crippen molar-refractivity contribution in [2.75, 3.05) is 26.4 Å². The second-order valence-electron chi connectivity index (χ2n) is 2.13. The zero-order valence-electron chi connectivity index (χ0n) is 5.50. The van der Waals surface area contributed by atoms with Crippen LogP contribution in [0.2, 0.25) is 0 Å². The Balaban J connectivity index is 0. The van der Waals surface area contributed by atoms with Crippen LogP contribution in [0.25, 0.3) is 0 Å². The molecule has 4 nitrogen and oxygen atoms in total. The summed E-state index contributed by atoms with van der Waals surface area (Å²) in [5.41, 5.74) is -1.11. The predicted octanol–water partition coefficient (Wildman–Crippen LogP) is -5.05. The number of aliphatic hydroxyl groups is 4. The van der Waals surface area contributed by atoms with Crippen LogP contribution in [-0.4, -0.2) is 46.9 Å². The molecule has 0 bridgehead atoms. The Hall–Kier alpha value is 0.320. The molecule has 10 heavy (non-hydrogen) atoms. The first kappa shape index (κ1) is 12.9. The van der Waals surface area contributed by atoms with Crippen molar-refractivity contribution in [1.82, 2.24) is 0 Å². The van der Waals surface area contributed by atoms with Crippen molar-refractivity contribution in [3.8, 4) is 0 Å². The fraction of sp³-hybridized carbons (Fsp3) is 1.00. The van der Waals surface area contributed by atoms with Crippen LogP contribution in [0.1, 0.15) is 0 Å². The van der Waals surface area contributed by atoms with Gasteiger partial charge in [-0.15, -0.1) is 0 Å². The third-order valence-electron chi connectivity index (χ3n) is 1.34. The van der Waals surface area contributed by atoms with Gasteiger partial charge in [-0.25, -0.2) is 0 Å². The Bertz CT molecular complexity index is 56.5. The molecule has 0 spiro atoms. The zero-order chi connectivity index (χ0) is 7.33. The molecule has 0 unspecified atom stereocenters. The summed E-state index contributed by atoms with van der Waals surface area (Å²) < 4.78 is 0. The first-order chi connectivity index (χ1) is 4.24. The average Bonchev–Trinajstić information content (AvgIpc) is 1.95. The van der Waals surface area contributed by atoms with Crippen LogP contribution in [-0.2, 0) is 0 Å². The highest BCUT2D eigenvalue weighted by Crippen LogP contribution is 2.11. The second-order valence-corrected chi connectivity index (χ2v) is 2.13. The van der Waals surface area contributed by atoms with Crippen molar-refractivity contribution in [2.45, 2.75) is 0 Å². The summed E-state index contributed by atoms with van der Waals surface area (Å²) in [6.07, 6.45) is 0. The minimum Gasteiger partial charge on any atom is -1.00 e. The van der Waals surface area contributed by atoms with E-state index < -0.39 is 31.8 Å². The fourth-order valence-corrected chi connectivity index (χ4v) is 0.300. The molecule has 0 atom stereocenters. The third kappa shape index (κ3) is 2.94. The van der Waals surface area contributed by atoms with E-state index in [-0.39, 0.29) is 17.0 Å². The van der Waals surface area contributed by atoms with Crippen LogP contribution in [0.3, 0.4) is 0 Å². The lowest BCUT2D eigenvalue weighted by Gasteiger charge is -2.23. The molecule has 5 heteroatoms. The van der Waals surface area contributed by atoms with Crippen LogP contribution < -0.4 is 17.0 Å². The van der Waals surface area contributed by atoms with Crippen molar-refractivity contribution >= 4 is 0 Å². The van der Waals surface area contributed by atoms with Crippen molar-refractivity contribution in [2.24, 2.45) is 5.41 Å². The molecule has 4 N–H and O–H groups in total. The monoisotopic (exact) mass is 215 g/mol. The molecular formula is C5H12BrO4-. The molecule has 0 radical (unpaired) electrons. The molecule has 0 aliphatic carbocycles. The Kier molecular flexibility index (Phi) is 7.84. The molecule has 0 aromatic carbocycles. The van der Waals surface area contributed by atoms with Gasteiger partial charge in [0.15, 0.2) is 0 Å². The van der Waals surface area contributed by atoms with Gasteiger partial charge in [-0.05, 0) is 0 Å². The van der Waals surface area contributed by atoms with Gasteiger partial charge < -0.3 is 37.4 Å². The molecule has 0 fully saturated rings. The van der Waals surface area contributed by atoms with E-state index in [0.717, 1.165) is 0 Å². The molecule has 0 amide bonds. The van der Waals surface area contributed by atoms with E-state index in [4.69, 9.17) is 20.4 Å². The lowest BCUT2D eigenvalue weighted by molar-refractivity contribution is -0.0328. The summed E-state index contributed by atoms with van der Waals surface area (Å²) in [5.74, 6) is 0. The van der Waals surface area contributed by atoms with Crippen LogP contribution in [0.5, 0.6) is 0 Å². The molecule has 0 aromatic heterocycles. The van der Waals surface area contributed by atoms with E-state index in [1.54, 1.807) is 0 Å². The first-order valence-electron chi connectivity index (χ1n) is 2.68. The fourth-order valence-electron chi connectivity index (χ4n) is 0.300.